The zero-order valence-corrected chi connectivity index (χ0v) is 22.4. The lowest BCUT2D eigenvalue weighted by Crippen LogP contribution is -2.39. The topological polar surface area (TPSA) is 71.8 Å². The van der Waals surface area contributed by atoms with Gasteiger partial charge >= 0.3 is 6.03 Å². The first kappa shape index (κ1) is 26.1. The van der Waals surface area contributed by atoms with Gasteiger partial charge < -0.3 is 10.6 Å². The first-order chi connectivity index (χ1) is 17.4. The van der Waals surface area contributed by atoms with E-state index in [0.29, 0.717) is 45.4 Å². The van der Waals surface area contributed by atoms with Crippen LogP contribution in [-0.4, -0.2) is 27.3 Å². The molecule has 36 heavy (non-hydrogen) atoms. The molecular formula is C27H27Cl2N5OS. The molecule has 0 fully saturated rings. The highest BCUT2D eigenvalue weighted by Gasteiger charge is 2.26. The van der Waals surface area contributed by atoms with Gasteiger partial charge in [-0.2, -0.15) is 0 Å². The summed E-state index contributed by atoms with van der Waals surface area (Å²) < 4.78 is 1.92. The van der Waals surface area contributed by atoms with E-state index in [4.69, 9.17) is 23.2 Å². The number of carbonyl (C=O) groups is 1. The van der Waals surface area contributed by atoms with Crippen LogP contribution in [0.2, 0.25) is 10.0 Å². The molecule has 0 saturated carbocycles. The first-order valence-electron chi connectivity index (χ1n) is 11.6. The zero-order valence-electron chi connectivity index (χ0n) is 20.0. The van der Waals surface area contributed by atoms with Crippen LogP contribution in [0.3, 0.4) is 0 Å². The van der Waals surface area contributed by atoms with Crippen molar-refractivity contribution in [2.45, 2.75) is 37.2 Å². The molecule has 6 nitrogen and oxygen atoms in total. The molecule has 0 bridgehead atoms. The van der Waals surface area contributed by atoms with E-state index in [2.05, 4.69) is 46.0 Å². The van der Waals surface area contributed by atoms with E-state index in [0.717, 1.165) is 5.56 Å². The normalized spacial score (nSPS) is 11.8. The van der Waals surface area contributed by atoms with Crippen LogP contribution in [0.1, 0.15) is 35.5 Å². The maximum atomic E-state index is 12.6. The van der Waals surface area contributed by atoms with Crippen molar-refractivity contribution in [1.29, 1.82) is 0 Å². The Morgan fingerprint density at radius 2 is 1.78 bits per heavy atom. The Kier molecular flexibility index (Phi) is 8.91. The van der Waals surface area contributed by atoms with Crippen LogP contribution in [0.4, 0.5) is 4.79 Å². The molecule has 1 aromatic heterocycles. The molecule has 0 aliphatic heterocycles. The third-order valence-electron chi connectivity index (χ3n) is 5.50. The smallest absolute Gasteiger partial charge is 0.315 e. The number of rotatable bonds is 9. The quantitative estimate of drug-likeness (QED) is 0.230. The summed E-state index contributed by atoms with van der Waals surface area (Å²) in [6.45, 7) is 4.46. The van der Waals surface area contributed by atoms with E-state index in [1.165, 1.54) is 11.1 Å². The summed E-state index contributed by atoms with van der Waals surface area (Å²) >= 11 is 14.4. The summed E-state index contributed by atoms with van der Waals surface area (Å²) in [6, 6.07) is 22.9. The minimum atomic E-state index is -0.452. The van der Waals surface area contributed by atoms with Crippen LogP contribution < -0.4 is 10.6 Å². The largest absolute Gasteiger partial charge is 0.338 e. The number of urea groups is 1. The summed E-state index contributed by atoms with van der Waals surface area (Å²) in [6.07, 6.45) is 0.532. The molecule has 1 heterocycles. The minimum absolute atomic E-state index is 0.274. The maximum absolute atomic E-state index is 12.6. The highest BCUT2D eigenvalue weighted by molar-refractivity contribution is 7.98. The van der Waals surface area contributed by atoms with Crippen molar-refractivity contribution in [3.63, 3.8) is 0 Å². The number of hydrogen-bond acceptors (Lipinski definition) is 4. The fourth-order valence-corrected chi connectivity index (χ4v) is 5.25. The third-order valence-corrected chi connectivity index (χ3v) is 7.03. The Hall–Kier alpha value is -3.00. The second-order valence-corrected chi connectivity index (χ2v) is 10.1. The van der Waals surface area contributed by atoms with E-state index >= 15 is 0 Å². The van der Waals surface area contributed by atoms with Gasteiger partial charge in [-0.15, -0.1) is 10.2 Å². The molecule has 186 valence electrons. The van der Waals surface area contributed by atoms with Gasteiger partial charge in [0.2, 0.25) is 0 Å². The van der Waals surface area contributed by atoms with Crippen molar-refractivity contribution < 1.29 is 4.79 Å². The van der Waals surface area contributed by atoms with Crippen LogP contribution in [0.25, 0.3) is 5.69 Å². The second-order valence-electron chi connectivity index (χ2n) is 8.30. The highest BCUT2D eigenvalue weighted by atomic mass is 35.5. The summed E-state index contributed by atoms with van der Waals surface area (Å²) in [4.78, 5) is 12.6. The number of nitrogens with one attached hydrogen (secondary N) is 2. The molecular weight excluding hydrogens is 513 g/mol. The lowest BCUT2D eigenvalue weighted by molar-refractivity contribution is 0.237. The van der Waals surface area contributed by atoms with Gasteiger partial charge in [0.1, 0.15) is 0 Å². The predicted octanol–water partition coefficient (Wildman–Crippen LogP) is 6.78. The number of nitrogens with zero attached hydrogens (tertiary/aromatic N) is 3. The lowest BCUT2D eigenvalue weighted by Gasteiger charge is -2.21. The standard InChI is InChI=1S/C27H27Cl2N5OS/c1-3-30-26(35)31-23(15-19-9-5-4-6-10-19)25-32-33-27(36-17-20-11-7-8-18(2)14-20)34(25)24-13-12-21(28)16-22(24)29/h4-14,16,23H,3,15,17H2,1-2H3,(H2,30,31,35). The second kappa shape index (κ2) is 12.3. The number of hydrogen-bond donors (Lipinski definition) is 2. The molecule has 4 rings (SSSR count). The molecule has 9 heteroatoms. The van der Waals surface area contributed by atoms with Crippen LogP contribution in [0.5, 0.6) is 0 Å². The number of carbonyl (C=O) groups excluding carboxylic acids is 1. The number of benzene rings is 3. The van der Waals surface area contributed by atoms with Crippen LogP contribution >= 0.6 is 35.0 Å². The van der Waals surface area contributed by atoms with Gasteiger partial charge in [-0.25, -0.2) is 4.79 Å². The Balaban J connectivity index is 1.76. The zero-order chi connectivity index (χ0) is 25.5. The van der Waals surface area contributed by atoms with Crippen molar-refractivity contribution >= 4 is 41.0 Å². The SMILES string of the molecule is CCNC(=O)NC(Cc1ccccc1)c1nnc(SCc2cccc(C)c2)n1-c1ccc(Cl)cc1Cl. The van der Waals surface area contributed by atoms with Gasteiger partial charge in [0.05, 0.1) is 16.8 Å². The Labute approximate surface area is 225 Å². The van der Waals surface area contributed by atoms with Crippen molar-refractivity contribution in [2.75, 3.05) is 6.54 Å². The molecule has 0 aliphatic rings. The number of halogens is 2. The van der Waals surface area contributed by atoms with Crippen LogP contribution in [0.15, 0.2) is 78.0 Å². The molecule has 2 amide bonds. The lowest BCUT2D eigenvalue weighted by atomic mass is 10.1. The van der Waals surface area contributed by atoms with Gasteiger partial charge in [0.15, 0.2) is 11.0 Å². The fraction of sp³-hybridized carbons (Fsp3) is 0.222. The van der Waals surface area contributed by atoms with Crippen molar-refractivity contribution in [2.24, 2.45) is 0 Å². The summed E-state index contributed by atoms with van der Waals surface area (Å²) in [5.74, 6) is 1.29. The fourth-order valence-electron chi connectivity index (χ4n) is 3.87. The van der Waals surface area contributed by atoms with E-state index in [-0.39, 0.29) is 6.03 Å². The van der Waals surface area contributed by atoms with Gasteiger partial charge in [-0.1, -0.05) is 95.1 Å². The molecule has 0 saturated heterocycles. The van der Waals surface area contributed by atoms with E-state index in [9.17, 15) is 4.79 Å². The number of thioether (sulfide) groups is 1. The first-order valence-corrected chi connectivity index (χ1v) is 13.4. The van der Waals surface area contributed by atoms with E-state index in [1.807, 2.05) is 54.0 Å². The molecule has 1 unspecified atom stereocenters. The van der Waals surface area contributed by atoms with Gasteiger partial charge in [0, 0.05) is 23.7 Å². The number of amides is 2. The van der Waals surface area contributed by atoms with Gasteiger partial charge in [0.25, 0.3) is 0 Å². The van der Waals surface area contributed by atoms with Gasteiger partial charge in [-0.05, 0) is 43.2 Å². The Morgan fingerprint density at radius 3 is 2.50 bits per heavy atom. The number of aromatic nitrogens is 3. The third kappa shape index (κ3) is 6.60. The monoisotopic (exact) mass is 539 g/mol. The highest BCUT2D eigenvalue weighted by Crippen LogP contribution is 2.33. The minimum Gasteiger partial charge on any atom is -0.338 e. The van der Waals surface area contributed by atoms with Crippen LogP contribution in [-0.2, 0) is 12.2 Å². The molecule has 1 atom stereocenters. The summed E-state index contributed by atoms with van der Waals surface area (Å²) in [5, 5.41) is 16.6. The predicted molar refractivity (Wildman–Crippen MR) is 147 cm³/mol. The number of aryl methyl sites for hydroxylation is 1. The Morgan fingerprint density at radius 1 is 1.00 bits per heavy atom. The van der Waals surface area contributed by atoms with E-state index < -0.39 is 6.04 Å². The van der Waals surface area contributed by atoms with Gasteiger partial charge in [-0.3, -0.25) is 4.57 Å². The molecule has 0 radical (unpaired) electrons. The van der Waals surface area contributed by atoms with E-state index in [1.54, 1.807) is 23.9 Å². The molecule has 2 N–H and O–H groups in total. The van der Waals surface area contributed by atoms with Crippen LogP contribution in [0, 0.1) is 6.92 Å². The average Bonchev–Trinajstić information content (AvgIpc) is 3.27. The molecule has 3 aromatic carbocycles. The van der Waals surface area contributed by atoms with Crippen molar-refractivity contribution in [3.05, 3.63) is 105 Å². The summed E-state index contributed by atoms with van der Waals surface area (Å²) in [5.41, 5.74) is 4.14. The van der Waals surface area contributed by atoms with Crippen molar-refractivity contribution in [1.82, 2.24) is 25.4 Å². The molecule has 4 aromatic rings. The Bertz CT molecular complexity index is 1330. The summed E-state index contributed by atoms with van der Waals surface area (Å²) in [7, 11) is 0. The molecule has 0 spiro atoms. The molecule has 0 aliphatic carbocycles. The average molecular weight is 541 g/mol. The maximum Gasteiger partial charge on any atom is 0.315 e. The van der Waals surface area contributed by atoms with Crippen molar-refractivity contribution in [3.8, 4) is 5.69 Å².